The standard InChI is InChI=1S/C11H11BFNO2.C6H14O2/c1-16-9-5-6(12)4-8(13)10(9)11(15)14-7-2-3-7;1-5(2,7)6(3,4)8/h4-5,7H,2-3H2,1H3,(H,14,15);7-8H,1-4H3. The van der Waals surface area contributed by atoms with Crippen LogP contribution in [0.5, 0.6) is 5.75 Å². The smallest absolute Gasteiger partial charge is 0.258 e. The number of benzene rings is 1. The van der Waals surface area contributed by atoms with Crippen LogP contribution >= 0.6 is 0 Å². The molecule has 0 aliphatic heterocycles. The van der Waals surface area contributed by atoms with Crippen molar-refractivity contribution < 1.29 is 24.1 Å². The Bertz CT molecular complexity index is 577. The molecule has 0 spiro atoms. The zero-order valence-corrected chi connectivity index (χ0v) is 14.8. The van der Waals surface area contributed by atoms with Crippen LogP contribution < -0.4 is 15.5 Å². The van der Waals surface area contributed by atoms with Crippen molar-refractivity contribution in [1.82, 2.24) is 5.32 Å². The number of rotatable bonds is 4. The second-order valence-corrected chi connectivity index (χ2v) is 6.95. The predicted molar refractivity (Wildman–Crippen MR) is 91.4 cm³/mol. The highest BCUT2D eigenvalue weighted by atomic mass is 19.1. The lowest BCUT2D eigenvalue weighted by Gasteiger charge is -2.31. The molecule has 0 heterocycles. The Morgan fingerprint density at radius 3 is 2.12 bits per heavy atom. The van der Waals surface area contributed by atoms with Gasteiger partial charge in [0.2, 0.25) is 0 Å². The molecule has 1 amide bonds. The lowest BCUT2D eigenvalue weighted by Crippen LogP contribution is -2.44. The van der Waals surface area contributed by atoms with Gasteiger partial charge in [0.25, 0.3) is 5.91 Å². The number of halogens is 1. The molecule has 24 heavy (non-hydrogen) atoms. The van der Waals surface area contributed by atoms with Gasteiger partial charge in [0.1, 0.15) is 25.0 Å². The Hall–Kier alpha value is -1.60. The normalized spacial score (nSPS) is 14.5. The van der Waals surface area contributed by atoms with Gasteiger partial charge in [0, 0.05) is 6.04 Å². The van der Waals surface area contributed by atoms with Gasteiger partial charge in [-0.05, 0) is 52.7 Å². The summed E-state index contributed by atoms with van der Waals surface area (Å²) in [5, 5.41) is 20.9. The monoisotopic (exact) mass is 337 g/mol. The lowest BCUT2D eigenvalue weighted by atomic mass is 9.90. The van der Waals surface area contributed by atoms with E-state index in [4.69, 9.17) is 22.8 Å². The minimum atomic E-state index is -1.01. The minimum Gasteiger partial charge on any atom is -0.496 e. The molecule has 7 heteroatoms. The van der Waals surface area contributed by atoms with Crippen LogP contribution in [0.4, 0.5) is 4.39 Å². The first-order chi connectivity index (χ1) is 10.9. The molecule has 0 unspecified atom stereocenters. The molecular formula is C17H25BFNO4. The Morgan fingerprint density at radius 1 is 1.25 bits per heavy atom. The van der Waals surface area contributed by atoms with Crippen molar-refractivity contribution >= 4 is 19.2 Å². The van der Waals surface area contributed by atoms with Crippen LogP contribution in [0.3, 0.4) is 0 Å². The van der Waals surface area contributed by atoms with E-state index >= 15 is 0 Å². The molecule has 0 bridgehead atoms. The molecule has 1 aromatic carbocycles. The average molecular weight is 337 g/mol. The summed E-state index contributed by atoms with van der Waals surface area (Å²) in [4.78, 5) is 11.7. The second-order valence-electron chi connectivity index (χ2n) is 6.95. The van der Waals surface area contributed by atoms with Crippen LogP contribution in [0, 0.1) is 5.82 Å². The molecule has 1 aromatic rings. The summed E-state index contributed by atoms with van der Waals surface area (Å²) in [7, 11) is 6.84. The van der Waals surface area contributed by atoms with E-state index in [1.165, 1.54) is 13.2 Å². The fourth-order valence-corrected chi connectivity index (χ4v) is 1.47. The van der Waals surface area contributed by atoms with Crippen molar-refractivity contribution in [3.05, 3.63) is 23.5 Å². The maximum Gasteiger partial charge on any atom is 0.258 e. The van der Waals surface area contributed by atoms with E-state index in [1.54, 1.807) is 27.7 Å². The highest BCUT2D eigenvalue weighted by molar-refractivity contribution is 6.32. The number of aliphatic hydroxyl groups is 2. The first-order valence-electron chi connectivity index (χ1n) is 7.75. The Balaban J connectivity index is 0.000000307. The summed E-state index contributed by atoms with van der Waals surface area (Å²) in [6.07, 6.45) is 1.90. The van der Waals surface area contributed by atoms with Crippen LogP contribution in [0.1, 0.15) is 50.9 Å². The summed E-state index contributed by atoms with van der Waals surface area (Å²) in [5.41, 5.74) is -1.86. The molecule has 1 saturated carbocycles. The first kappa shape index (κ1) is 20.4. The number of ether oxygens (including phenoxy) is 1. The van der Waals surface area contributed by atoms with Crippen LogP contribution in [-0.2, 0) is 0 Å². The van der Waals surface area contributed by atoms with Crippen molar-refractivity contribution in [1.29, 1.82) is 0 Å². The first-order valence-corrected chi connectivity index (χ1v) is 7.75. The third-order valence-electron chi connectivity index (χ3n) is 3.93. The Labute approximate surface area is 143 Å². The maximum absolute atomic E-state index is 13.6. The minimum absolute atomic E-state index is 0.0800. The predicted octanol–water partition coefficient (Wildman–Crippen LogP) is 1.05. The molecule has 1 aliphatic rings. The van der Waals surface area contributed by atoms with Crippen molar-refractivity contribution in [2.45, 2.75) is 57.8 Å². The van der Waals surface area contributed by atoms with Gasteiger partial charge < -0.3 is 20.3 Å². The van der Waals surface area contributed by atoms with Crippen molar-refractivity contribution in [3.63, 3.8) is 0 Å². The SMILES string of the molecule is CC(C)(O)C(C)(C)O.[B]c1cc(F)c(C(=O)NC2CC2)c(OC)c1. The molecule has 2 rings (SSSR count). The lowest BCUT2D eigenvalue weighted by molar-refractivity contribution is -0.107. The van der Waals surface area contributed by atoms with Crippen LogP contribution in [0.2, 0.25) is 0 Å². The van der Waals surface area contributed by atoms with E-state index in [9.17, 15) is 9.18 Å². The largest absolute Gasteiger partial charge is 0.496 e. The number of carbonyl (C=O) groups excluding carboxylic acids is 1. The van der Waals surface area contributed by atoms with Crippen LogP contribution in [0.15, 0.2) is 12.1 Å². The molecule has 0 aromatic heterocycles. The van der Waals surface area contributed by atoms with Gasteiger partial charge >= 0.3 is 0 Å². The average Bonchev–Trinajstić information content (AvgIpc) is 3.19. The third-order valence-corrected chi connectivity index (χ3v) is 3.93. The Kier molecular flexibility index (Phi) is 6.42. The van der Waals surface area contributed by atoms with Crippen LogP contribution in [0.25, 0.3) is 0 Å². The van der Waals surface area contributed by atoms with E-state index in [0.29, 0.717) is 0 Å². The molecule has 1 aliphatic carbocycles. The van der Waals surface area contributed by atoms with Gasteiger partial charge in [-0.25, -0.2) is 4.39 Å². The highest BCUT2D eigenvalue weighted by Gasteiger charge is 2.32. The van der Waals surface area contributed by atoms with E-state index in [2.05, 4.69) is 5.32 Å². The van der Waals surface area contributed by atoms with Gasteiger partial charge in [0.15, 0.2) is 0 Å². The molecule has 132 valence electrons. The number of hydrogen-bond acceptors (Lipinski definition) is 4. The zero-order valence-electron chi connectivity index (χ0n) is 14.8. The topological polar surface area (TPSA) is 78.8 Å². The van der Waals surface area contributed by atoms with Gasteiger partial charge in [-0.3, -0.25) is 4.79 Å². The summed E-state index contributed by atoms with van der Waals surface area (Å²) in [6.45, 7) is 6.31. The molecule has 3 N–H and O–H groups in total. The van der Waals surface area contributed by atoms with Gasteiger partial charge in [-0.1, -0.05) is 5.46 Å². The second kappa shape index (κ2) is 7.53. The van der Waals surface area contributed by atoms with Crippen molar-refractivity contribution in [2.24, 2.45) is 0 Å². The van der Waals surface area contributed by atoms with Gasteiger partial charge in [-0.15, -0.1) is 0 Å². The van der Waals surface area contributed by atoms with Gasteiger partial charge in [-0.2, -0.15) is 0 Å². The van der Waals surface area contributed by atoms with E-state index < -0.39 is 22.9 Å². The summed E-state index contributed by atoms with van der Waals surface area (Å²) in [5.74, 6) is -0.942. The molecule has 0 saturated heterocycles. The number of nitrogens with one attached hydrogen (secondary N) is 1. The highest BCUT2D eigenvalue weighted by Crippen LogP contribution is 2.23. The third kappa shape index (κ3) is 5.80. The molecule has 1 fully saturated rings. The number of carbonyl (C=O) groups is 1. The fraction of sp³-hybridized carbons (Fsp3) is 0.588. The Morgan fingerprint density at radius 2 is 1.75 bits per heavy atom. The molecular weight excluding hydrogens is 312 g/mol. The molecule has 5 nitrogen and oxygen atoms in total. The molecule has 2 radical (unpaired) electrons. The summed E-state index contributed by atoms with van der Waals surface area (Å²) >= 11 is 0. The van der Waals surface area contributed by atoms with Crippen molar-refractivity contribution in [2.75, 3.05) is 7.11 Å². The number of methoxy groups -OCH3 is 1. The zero-order chi connectivity index (χ0) is 18.7. The van der Waals surface area contributed by atoms with Crippen LogP contribution in [-0.4, -0.2) is 48.3 Å². The number of amides is 1. The van der Waals surface area contributed by atoms with Crippen molar-refractivity contribution in [3.8, 4) is 5.75 Å². The van der Waals surface area contributed by atoms with E-state index in [1.807, 2.05) is 0 Å². The maximum atomic E-state index is 13.6. The number of hydrogen-bond donors (Lipinski definition) is 3. The quantitative estimate of drug-likeness (QED) is 0.718. The fourth-order valence-electron chi connectivity index (χ4n) is 1.47. The summed E-state index contributed by atoms with van der Waals surface area (Å²) in [6, 6.07) is 2.73. The van der Waals surface area contributed by atoms with E-state index in [0.717, 1.165) is 18.9 Å². The summed E-state index contributed by atoms with van der Waals surface area (Å²) < 4.78 is 18.5. The molecule has 0 atom stereocenters. The van der Waals surface area contributed by atoms with E-state index in [-0.39, 0.29) is 22.8 Å². The van der Waals surface area contributed by atoms with Gasteiger partial charge in [0.05, 0.1) is 18.3 Å².